The Hall–Kier alpha value is -2.19. The van der Waals surface area contributed by atoms with Gasteiger partial charge >= 0.3 is 12.1 Å². The van der Waals surface area contributed by atoms with Crippen LogP contribution in [0.15, 0.2) is 0 Å². The zero-order valence-electron chi connectivity index (χ0n) is 15.4. The molecule has 0 saturated carbocycles. The highest BCUT2D eigenvalue weighted by molar-refractivity contribution is 5.75. The number of likely N-dealkylation sites (tertiary alicyclic amines) is 1. The van der Waals surface area contributed by atoms with Crippen LogP contribution in [0.1, 0.15) is 52.8 Å². The van der Waals surface area contributed by atoms with E-state index in [1.165, 1.54) is 0 Å². The van der Waals surface area contributed by atoms with Crippen molar-refractivity contribution in [2.75, 3.05) is 13.1 Å². The van der Waals surface area contributed by atoms with Crippen LogP contribution in [0.5, 0.6) is 0 Å². The highest BCUT2D eigenvalue weighted by Crippen LogP contribution is 2.20. The summed E-state index contributed by atoms with van der Waals surface area (Å²) in [6, 6.07) is 0. The number of ether oxygens (including phenoxy) is 2. The van der Waals surface area contributed by atoms with Gasteiger partial charge in [0.1, 0.15) is 5.60 Å². The Morgan fingerprint density at radius 3 is 2.76 bits per heavy atom. The summed E-state index contributed by atoms with van der Waals surface area (Å²) in [7, 11) is 0. The Morgan fingerprint density at radius 2 is 2.08 bits per heavy atom. The van der Waals surface area contributed by atoms with Gasteiger partial charge in [0.25, 0.3) is 0 Å². The minimum Gasteiger partial charge on any atom is -0.457 e. The summed E-state index contributed by atoms with van der Waals surface area (Å²) in [5.41, 5.74) is -0.555. The molecule has 1 unspecified atom stereocenters. The quantitative estimate of drug-likeness (QED) is 0.744. The van der Waals surface area contributed by atoms with Crippen molar-refractivity contribution in [3.05, 3.63) is 5.82 Å². The van der Waals surface area contributed by atoms with Crippen LogP contribution in [0.25, 0.3) is 0 Å². The van der Waals surface area contributed by atoms with E-state index in [1.54, 1.807) is 9.58 Å². The zero-order chi connectivity index (χ0) is 18.4. The second-order valence-corrected chi connectivity index (χ2v) is 7.19. The molecule has 9 heteroatoms. The van der Waals surface area contributed by atoms with Gasteiger partial charge in [0, 0.05) is 19.6 Å². The van der Waals surface area contributed by atoms with E-state index in [-0.39, 0.29) is 18.5 Å². The lowest BCUT2D eigenvalue weighted by molar-refractivity contribution is -0.152. The fourth-order valence-electron chi connectivity index (χ4n) is 2.63. The molecule has 25 heavy (non-hydrogen) atoms. The number of hydrogen-bond acceptors (Lipinski definition) is 7. The van der Waals surface area contributed by atoms with Crippen molar-refractivity contribution in [2.45, 2.75) is 65.7 Å². The van der Waals surface area contributed by atoms with Crippen LogP contribution < -0.4 is 0 Å². The van der Waals surface area contributed by atoms with Gasteiger partial charge < -0.3 is 14.4 Å². The number of piperidine rings is 1. The van der Waals surface area contributed by atoms with E-state index < -0.39 is 11.7 Å². The molecule has 0 aliphatic carbocycles. The molecule has 1 atom stereocenters. The van der Waals surface area contributed by atoms with E-state index >= 15 is 0 Å². The standard InChI is InChI=1S/C16H27N5O4/c1-5-8-21-13(17-18-19-21)11-24-14(22)12-7-6-9-20(10-12)15(23)25-16(2,3)4/h12H,5-11H2,1-4H3. The molecule has 0 radical (unpaired) electrons. The lowest BCUT2D eigenvalue weighted by Crippen LogP contribution is -2.45. The predicted molar refractivity (Wildman–Crippen MR) is 88.4 cm³/mol. The minimum atomic E-state index is -0.555. The summed E-state index contributed by atoms with van der Waals surface area (Å²) in [5, 5.41) is 11.3. The molecule has 1 aromatic rings. The molecule has 0 N–H and O–H groups in total. The third kappa shape index (κ3) is 5.68. The lowest BCUT2D eigenvalue weighted by Gasteiger charge is -2.33. The Balaban J connectivity index is 1.86. The summed E-state index contributed by atoms with van der Waals surface area (Å²) in [6.45, 7) is 9.10. The van der Waals surface area contributed by atoms with E-state index in [1.807, 2.05) is 27.7 Å². The molecule has 1 aliphatic heterocycles. The number of carbonyl (C=O) groups is 2. The predicted octanol–water partition coefficient (Wildman–Crippen LogP) is 1.77. The number of nitrogens with zero attached hydrogens (tertiary/aromatic N) is 5. The van der Waals surface area contributed by atoms with Crippen LogP contribution in [-0.4, -0.2) is 55.9 Å². The fraction of sp³-hybridized carbons (Fsp3) is 0.812. The third-order valence-corrected chi connectivity index (χ3v) is 3.79. The third-order valence-electron chi connectivity index (χ3n) is 3.79. The van der Waals surface area contributed by atoms with Crippen molar-refractivity contribution >= 4 is 12.1 Å². The molecule has 0 spiro atoms. The molecule has 1 aliphatic rings. The van der Waals surface area contributed by atoms with Crippen molar-refractivity contribution in [3.63, 3.8) is 0 Å². The van der Waals surface area contributed by atoms with Gasteiger partial charge in [0.2, 0.25) is 0 Å². The summed E-state index contributed by atoms with van der Waals surface area (Å²) in [4.78, 5) is 26.1. The molecule has 0 aromatic carbocycles. The maximum atomic E-state index is 12.3. The van der Waals surface area contributed by atoms with Gasteiger partial charge in [-0.15, -0.1) is 5.10 Å². The second-order valence-electron chi connectivity index (χ2n) is 7.19. The molecule has 1 aromatic heterocycles. The van der Waals surface area contributed by atoms with Crippen LogP contribution in [0, 0.1) is 5.92 Å². The summed E-state index contributed by atoms with van der Waals surface area (Å²) in [6.07, 6.45) is 1.93. The van der Waals surface area contributed by atoms with Gasteiger partial charge in [0.15, 0.2) is 12.4 Å². The van der Waals surface area contributed by atoms with Crippen LogP contribution in [-0.2, 0) is 27.4 Å². The minimum absolute atomic E-state index is 0.0365. The number of amides is 1. The highest BCUT2D eigenvalue weighted by Gasteiger charge is 2.32. The summed E-state index contributed by atoms with van der Waals surface area (Å²) < 4.78 is 12.4. The molecule has 1 saturated heterocycles. The Labute approximate surface area is 147 Å². The second kappa shape index (κ2) is 8.26. The fourth-order valence-corrected chi connectivity index (χ4v) is 2.63. The first kappa shape index (κ1) is 19.1. The van der Waals surface area contributed by atoms with E-state index in [0.29, 0.717) is 31.9 Å². The van der Waals surface area contributed by atoms with E-state index in [0.717, 1.165) is 12.8 Å². The van der Waals surface area contributed by atoms with Crippen molar-refractivity contribution in [2.24, 2.45) is 5.92 Å². The molecule has 2 heterocycles. The number of esters is 1. The normalized spacial score (nSPS) is 18.1. The van der Waals surface area contributed by atoms with Crippen molar-refractivity contribution in [1.82, 2.24) is 25.1 Å². The Kier molecular flexibility index (Phi) is 6.33. The number of rotatable bonds is 5. The maximum Gasteiger partial charge on any atom is 0.410 e. The molecule has 2 rings (SSSR count). The number of hydrogen-bond donors (Lipinski definition) is 0. The van der Waals surface area contributed by atoms with Crippen molar-refractivity contribution in [1.29, 1.82) is 0 Å². The molecule has 9 nitrogen and oxygen atoms in total. The molecule has 0 bridgehead atoms. The van der Waals surface area contributed by atoms with Crippen LogP contribution in [0.2, 0.25) is 0 Å². The van der Waals surface area contributed by atoms with Gasteiger partial charge in [0.05, 0.1) is 5.92 Å². The van der Waals surface area contributed by atoms with Gasteiger partial charge in [-0.25, -0.2) is 9.48 Å². The first-order valence-electron chi connectivity index (χ1n) is 8.69. The van der Waals surface area contributed by atoms with E-state index in [9.17, 15) is 9.59 Å². The van der Waals surface area contributed by atoms with Crippen LogP contribution in [0.3, 0.4) is 0 Å². The van der Waals surface area contributed by atoms with E-state index in [2.05, 4.69) is 15.5 Å². The number of tetrazole rings is 1. The van der Waals surface area contributed by atoms with Crippen LogP contribution in [0.4, 0.5) is 4.79 Å². The van der Waals surface area contributed by atoms with Gasteiger partial charge in [-0.2, -0.15) is 0 Å². The van der Waals surface area contributed by atoms with Crippen LogP contribution >= 0.6 is 0 Å². The number of aryl methyl sites for hydroxylation is 1. The van der Waals surface area contributed by atoms with Gasteiger partial charge in [-0.05, 0) is 50.5 Å². The topological polar surface area (TPSA) is 99.4 Å². The molecule has 1 amide bonds. The van der Waals surface area contributed by atoms with E-state index in [4.69, 9.17) is 9.47 Å². The molecule has 1 fully saturated rings. The highest BCUT2D eigenvalue weighted by atomic mass is 16.6. The Bertz CT molecular complexity index is 596. The van der Waals surface area contributed by atoms with Crippen molar-refractivity contribution in [3.8, 4) is 0 Å². The van der Waals surface area contributed by atoms with Gasteiger partial charge in [-0.1, -0.05) is 6.92 Å². The average molecular weight is 353 g/mol. The average Bonchev–Trinajstić information content (AvgIpc) is 2.99. The summed E-state index contributed by atoms with van der Waals surface area (Å²) in [5.74, 6) is -0.161. The number of carbonyl (C=O) groups excluding carboxylic acids is 2. The molecule has 140 valence electrons. The van der Waals surface area contributed by atoms with Crippen molar-refractivity contribution < 1.29 is 19.1 Å². The SMILES string of the molecule is CCCn1nnnc1COC(=O)C1CCCN(C(=O)OC(C)(C)C)C1. The number of aromatic nitrogens is 4. The maximum absolute atomic E-state index is 12.3. The first-order chi connectivity index (χ1) is 11.8. The first-order valence-corrected chi connectivity index (χ1v) is 8.69. The van der Waals surface area contributed by atoms with Gasteiger partial charge in [-0.3, -0.25) is 4.79 Å². The smallest absolute Gasteiger partial charge is 0.410 e. The Morgan fingerprint density at radius 1 is 1.32 bits per heavy atom. The molecular weight excluding hydrogens is 326 g/mol. The molecular formula is C16H27N5O4. The summed E-state index contributed by atoms with van der Waals surface area (Å²) >= 11 is 0. The zero-order valence-corrected chi connectivity index (χ0v) is 15.4. The monoisotopic (exact) mass is 353 g/mol. The lowest BCUT2D eigenvalue weighted by atomic mass is 9.98. The largest absolute Gasteiger partial charge is 0.457 e.